The van der Waals surface area contributed by atoms with Gasteiger partial charge in [0.15, 0.2) is 0 Å². The summed E-state index contributed by atoms with van der Waals surface area (Å²) in [7, 11) is 0. The van der Waals surface area contributed by atoms with Crippen LogP contribution in [-0.4, -0.2) is 0 Å². The predicted octanol–water partition coefficient (Wildman–Crippen LogP) is 3.37. The van der Waals surface area contributed by atoms with Crippen LogP contribution in [0.1, 0.15) is 22.6 Å². The first kappa shape index (κ1) is 8.44. The number of hydrogen-bond donors (Lipinski definition) is 0. The molecule has 2 rings (SSSR count). The fraction of sp³-hybridized carbons (Fsp3) is 0.273. The predicted molar refractivity (Wildman–Crippen MR) is 50.5 cm³/mol. The zero-order valence-corrected chi connectivity index (χ0v) is 9.76. The maximum Gasteiger partial charge on any atom is -1.00 e. The van der Waals surface area contributed by atoms with Crippen molar-refractivity contribution >= 4 is 0 Å². The van der Waals surface area contributed by atoms with E-state index in [1.165, 1.54) is 12.8 Å². The van der Waals surface area contributed by atoms with Gasteiger partial charge in [0.1, 0.15) is 0 Å². The van der Waals surface area contributed by atoms with E-state index in [9.17, 15) is 0 Å². The van der Waals surface area contributed by atoms with Gasteiger partial charge in [0.05, 0.1) is 0 Å². The van der Waals surface area contributed by atoms with Gasteiger partial charge < -0.3 is 2.85 Å². The first-order valence-electron chi connectivity index (χ1n) is 4.35. The molecule has 2 aliphatic rings. The van der Waals surface area contributed by atoms with Gasteiger partial charge in [-0.2, -0.15) is 0 Å². The van der Waals surface area contributed by atoms with Gasteiger partial charge in [-0.25, -0.2) is 0 Å². The Morgan fingerprint density at radius 3 is 2.83 bits per heavy atom. The second-order valence-electron chi connectivity index (χ2n) is 3.22. The Balaban J connectivity index is 0.000000845. The molecule has 0 atom stereocenters. The minimum atomic E-state index is -0.348. The van der Waals surface area contributed by atoms with Gasteiger partial charge in [0.2, 0.25) is 0 Å². The summed E-state index contributed by atoms with van der Waals surface area (Å²) in [5.41, 5.74) is 1.55. The van der Waals surface area contributed by atoms with Gasteiger partial charge >= 0.3 is 85.5 Å². The van der Waals surface area contributed by atoms with Gasteiger partial charge in [0.25, 0.3) is 0 Å². The van der Waals surface area contributed by atoms with Gasteiger partial charge in [-0.15, -0.1) is 0 Å². The Bertz CT molecular complexity index is 311. The zero-order chi connectivity index (χ0) is 8.39. The summed E-state index contributed by atoms with van der Waals surface area (Å²) in [6, 6.07) is 0. The summed E-state index contributed by atoms with van der Waals surface area (Å²) in [5, 5.41) is 0. The Labute approximate surface area is 88.3 Å². The Morgan fingerprint density at radius 1 is 1.33 bits per heavy atom. The van der Waals surface area contributed by atoms with Gasteiger partial charge in [-0.05, 0) is 0 Å². The maximum atomic E-state index is 2.32. The van der Waals surface area contributed by atoms with Crippen LogP contribution in [0.5, 0.6) is 0 Å². The molecule has 0 aromatic heterocycles. The van der Waals surface area contributed by atoms with Crippen LogP contribution in [0, 0.1) is 0 Å². The van der Waals surface area contributed by atoms with E-state index in [2.05, 4.69) is 37.3 Å². The van der Waals surface area contributed by atoms with E-state index in [-0.39, 0.29) is 26.1 Å². The summed E-state index contributed by atoms with van der Waals surface area (Å²) < 4.78 is 3.50. The topological polar surface area (TPSA) is 0 Å². The molecular weight excluding hydrogens is 223 g/mol. The standard InChI is InChI=1S/C6H7.C5H5.Zr.2H/c1-6-4-2-3-5-6;1-2-4-5-3-1;;;/h2,4H,3H2,1H3;1-3H,4H2;;;/q;;;2*-1. The minimum Gasteiger partial charge on any atom is -1.00 e. The third-order valence-corrected chi connectivity index (χ3v) is 6.16. The van der Waals surface area contributed by atoms with Crippen LogP contribution >= 0.6 is 0 Å². The van der Waals surface area contributed by atoms with E-state index in [0.29, 0.717) is 0 Å². The third kappa shape index (κ3) is 1.77. The molecule has 0 saturated heterocycles. The molecule has 0 aromatic carbocycles. The van der Waals surface area contributed by atoms with E-state index < -0.39 is 0 Å². The second-order valence-corrected chi connectivity index (χ2v) is 6.89. The molecule has 0 N–H and O–H groups in total. The second kappa shape index (κ2) is 3.70. The van der Waals surface area contributed by atoms with Crippen molar-refractivity contribution in [3.8, 4) is 0 Å². The molecule has 0 spiro atoms. The minimum absolute atomic E-state index is 0. The molecule has 0 nitrogen and oxygen atoms in total. The van der Waals surface area contributed by atoms with E-state index in [0.717, 1.165) is 0 Å². The largest absolute Gasteiger partial charge is 1.00 e. The summed E-state index contributed by atoms with van der Waals surface area (Å²) >= 11 is -0.348. The molecule has 12 heavy (non-hydrogen) atoms. The first-order chi connectivity index (χ1) is 5.86. The molecule has 0 aromatic rings. The van der Waals surface area contributed by atoms with Crippen LogP contribution in [0.25, 0.3) is 0 Å². The normalized spacial score (nSPS) is 20.6. The number of allylic oxidation sites excluding steroid dienone is 8. The monoisotopic (exact) mass is 236 g/mol. The van der Waals surface area contributed by atoms with Crippen molar-refractivity contribution < 1.29 is 26.1 Å². The van der Waals surface area contributed by atoms with Gasteiger partial charge in [0, 0.05) is 0 Å². The van der Waals surface area contributed by atoms with Crippen LogP contribution < -0.4 is 0 Å². The van der Waals surface area contributed by atoms with Crippen molar-refractivity contribution in [2.45, 2.75) is 19.8 Å². The number of hydrogen-bond acceptors (Lipinski definition) is 0. The zero-order valence-electron chi connectivity index (χ0n) is 9.30. The Morgan fingerprint density at radius 2 is 2.25 bits per heavy atom. The van der Waals surface area contributed by atoms with Crippen molar-refractivity contribution in [2.24, 2.45) is 0 Å². The van der Waals surface area contributed by atoms with Gasteiger partial charge in [-0.1, -0.05) is 0 Å². The van der Waals surface area contributed by atoms with Crippen molar-refractivity contribution in [3.05, 3.63) is 42.5 Å². The van der Waals surface area contributed by atoms with Crippen molar-refractivity contribution in [2.75, 3.05) is 0 Å². The molecule has 0 saturated carbocycles. The van der Waals surface area contributed by atoms with Crippen LogP contribution in [0.2, 0.25) is 0 Å². The average molecular weight is 237 g/mol. The summed E-state index contributed by atoms with van der Waals surface area (Å²) in [4.78, 5) is 0. The van der Waals surface area contributed by atoms with Crippen LogP contribution in [0.15, 0.2) is 42.5 Å². The molecule has 0 radical (unpaired) electrons. The fourth-order valence-electron chi connectivity index (χ4n) is 1.50. The van der Waals surface area contributed by atoms with Crippen LogP contribution in [0.4, 0.5) is 0 Å². The van der Waals surface area contributed by atoms with Crippen molar-refractivity contribution in [1.29, 1.82) is 0 Å². The Hall–Kier alpha value is -0.157. The molecule has 0 fully saturated rings. The van der Waals surface area contributed by atoms with Crippen molar-refractivity contribution in [3.63, 3.8) is 0 Å². The molecule has 0 amide bonds. The quantitative estimate of drug-likeness (QED) is 0.691. The average Bonchev–Trinajstić information content (AvgIpc) is 2.65. The molecular formula is C11H14Zr-2. The molecule has 0 heterocycles. The Kier molecular flexibility index (Phi) is 2.61. The SMILES string of the molecule is CC1=[C]([Zr][C]2=CC=CC2)CC=C1.[H-].[H-]. The van der Waals surface area contributed by atoms with Gasteiger partial charge in [-0.3, -0.25) is 0 Å². The summed E-state index contributed by atoms with van der Waals surface area (Å²) in [5.74, 6) is 0. The first-order valence-corrected chi connectivity index (χ1v) is 6.81. The molecule has 0 aliphatic heterocycles. The van der Waals surface area contributed by atoms with Crippen molar-refractivity contribution in [1.82, 2.24) is 0 Å². The fourth-order valence-corrected chi connectivity index (χ4v) is 4.66. The molecule has 64 valence electrons. The third-order valence-electron chi connectivity index (χ3n) is 2.25. The van der Waals surface area contributed by atoms with Crippen LogP contribution in [-0.2, 0) is 23.2 Å². The molecule has 1 heteroatoms. The maximum absolute atomic E-state index is 2.32. The van der Waals surface area contributed by atoms with Crippen LogP contribution in [0.3, 0.4) is 0 Å². The molecule has 0 bridgehead atoms. The number of rotatable bonds is 2. The van der Waals surface area contributed by atoms with E-state index in [1.807, 2.05) is 0 Å². The summed E-state index contributed by atoms with van der Waals surface area (Å²) in [6.07, 6.45) is 13.9. The molecule has 2 aliphatic carbocycles. The van der Waals surface area contributed by atoms with E-state index >= 15 is 0 Å². The molecule has 0 unspecified atom stereocenters. The van der Waals surface area contributed by atoms with E-state index in [4.69, 9.17) is 0 Å². The summed E-state index contributed by atoms with van der Waals surface area (Å²) in [6.45, 7) is 2.25. The smallest absolute Gasteiger partial charge is 1.00 e. The van der Waals surface area contributed by atoms with E-state index in [1.54, 1.807) is 12.1 Å².